The van der Waals surface area contributed by atoms with Crippen LogP contribution in [0.4, 0.5) is 0 Å². The molecule has 2 N–H and O–H groups in total. The van der Waals surface area contributed by atoms with E-state index in [1.807, 2.05) is 12.1 Å². The fraction of sp³-hybridized carbons (Fsp3) is 0.182. The molecule has 1 atom stereocenters. The molecule has 0 radical (unpaired) electrons. The molecule has 82 valence electrons. The van der Waals surface area contributed by atoms with Crippen molar-refractivity contribution in [2.75, 3.05) is 0 Å². The zero-order chi connectivity index (χ0) is 11.5. The van der Waals surface area contributed by atoms with Crippen molar-refractivity contribution in [3.05, 3.63) is 36.4 Å². The van der Waals surface area contributed by atoms with Gasteiger partial charge >= 0.3 is 5.97 Å². The van der Waals surface area contributed by atoms with Crippen LogP contribution in [0.2, 0.25) is 0 Å². The normalized spacial score (nSPS) is 12.3. The molecule has 2 heterocycles. The van der Waals surface area contributed by atoms with Gasteiger partial charge in [-0.3, -0.25) is 4.79 Å². The predicted octanol–water partition coefficient (Wildman–Crippen LogP) is 1.66. The first-order valence-corrected chi connectivity index (χ1v) is 4.88. The molecule has 2 aromatic heterocycles. The standard InChI is InChI=1S/C11H11N3O2/c1-7(11(15)16)10-13-6-4-9(14-10)8-3-2-5-12-8/h2-7,12H,1H3,(H,15,16). The van der Waals surface area contributed by atoms with Crippen LogP contribution in [0.1, 0.15) is 18.7 Å². The lowest BCUT2D eigenvalue weighted by Gasteiger charge is -2.05. The van der Waals surface area contributed by atoms with Crippen molar-refractivity contribution in [2.45, 2.75) is 12.8 Å². The predicted molar refractivity (Wildman–Crippen MR) is 57.9 cm³/mol. The minimum atomic E-state index is -0.927. The topological polar surface area (TPSA) is 78.9 Å². The van der Waals surface area contributed by atoms with E-state index in [4.69, 9.17) is 5.11 Å². The molecule has 0 aliphatic heterocycles. The van der Waals surface area contributed by atoms with Crippen LogP contribution in [0.25, 0.3) is 11.4 Å². The van der Waals surface area contributed by atoms with Crippen LogP contribution >= 0.6 is 0 Å². The number of aromatic amines is 1. The Morgan fingerprint density at radius 2 is 2.31 bits per heavy atom. The number of rotatable bonds is 3. The van der Waals surface area contributed by atoms with Crippen LogP contribution in [-0.4, -0.2) is 26.0 Å². The highest BCUT2D eigenvalue weighted by Gasteiger charge is 2.17. The summed E-state index contributed by atoms with van der Waals surface area (Å²) in [6.07, 6.45) is 3.36. The molecule has 0 saturated carbocycles. The van der Waals surface area contributed by atoms with Gasteiger partial charge in [0.2, 0.25) is 0 Å². The highest BCUT2D eigenvalue weighted by molar-refractivity contribution is 5.74. The van der Waals surface area contributed by atoms with E-state index in [1.54, 1.807) is 25.4 Å². The molecule has 0 amide bonds. The first-order valence-electron chi connectivity index (χ1n) is 4.88. The summed E-state index contributed by atoms with van der Waals surface area (Å²) in [5.74, 6) is -1.31. The summed E-state index contributed by atoms with van der Waals surface area (Å²) < 4.78 is 0. The Morgan fingerprint density at radius 3 is 2.94 bits per heavy atom. The lowest BCUT2D eigenvalue weighted by atomic mass is 10.1. The lowest BCUT2D eigenvalue weighted by molar-refractivity contribution is -0.138. The van der Waals surface area contributed by atoms with Crippen molar-refractivity contribution in [1.29, 1.82) is 0 Å². The molecule has 0 spiro atoms. The van der Waals surface area contributed by atoms with E-state index >= 15 is 0 Å². The highest BCUT2D eigenvalue weighted by Crippen LogP contribution is 2.16. The minimum absolute atomic E-state index is 0.319. The second kappa shape index (κ2) is 4.14. The molecule has 0 fully saturated rings. The van der Waals surface area contributed by atoms with E-state index in [2.05, 4.69) is 15.0 Å². The van der Waals surface area contributed by atoms with E-state index in [-0.39, 0.29) is 0 Å². The third-order valence-electron chi connectivity index (χ3n) is 2.31. The van der Waals surface area contributed by atoms with E-state index in [1.165, 1.54) is 0 Å². The van der Waals surface area contributed by atoms with Gasteiger partial charge in [-0.25, -0.2) is 9.97 Å². The summed E-state index contributed by atoms with van der Waals surface area (Å²) in [7, 11) is 0. The lowest BCUT2D eigenvalue weighted by Crippen LogP contribution is -2.11. The molecule has 5 heteroatoms. The molecule has 5 nitrogen and oxygen atoms in total. The fourth-order valence-corrected chi connectivity index (χ4v) is 1.33. The fourth-order valence-electron chi connectivity index (χ4n) is 1.33. The molecular weight excluding hydrogens is 206 g/mol. The number of hydrogen-bond donors (Lipinski definition) is 2. The van der Waals surface area contributed by atoms with Crippen molar-refractivity contribution >= 4 is 5.97 Å². The molecule has 0 aliphatic carbocycles. The van der Waals surface area contributed by atoms with Gasteiger partial charge in [-0.1, -0.05) is 0 Å². The Morgan fingerprint density at radius 1 is 1.50 bits per heavy atom. The van der Waals surface area contributed by atoms with Gasteiger partial charge in [-0.2, -0.15) is 0 Å². The van der Waals surface area contributed by atoms with Crippen molar-refractivity contribution in [1.82, 2.24) is 15.0 Å². The molecule has 0 bridgehead atoms. The Balaban J connectivity index is 2.37. The highest BCUT2D eigenvalue weighted by atomic mass is 16.4. The smallest absolute Gasteiger partial charge is 0.313 e. The second-order valence-corrected chi connectivity index (χ2v) is 3.44. The van der Waals surface area contributed by atoms with Crippen molar-refractivity contribution in [3.63, 3.8) is 0 Å². The number of H-pyrrole nitrogens is 1. The zero-order valence-electron chi connectivity index (χ0n) is 8.71. The van der Waals surface area contributed by atoms with Gasteiger partial charge in [0.05, 0.1) is 11.4 Å². The molecule has 0 aliphatic rings. The Hall–Kier alpha value is -2.17. The maximum atomic E-state index is 10.8. The molecular formula is C11H11N3O2. The largest absolute Gasteiger partial charge is 0.481 e. The third-order valence-corrected chi connectivity index (χ3v) is 2.31. The van der Waals surface area contributed by atoms with E-state index < -0.39 is 11.9 Å². The second-order valence-electron chi connectivity index (χ2n) is 3.44. The van der Waals surface area contributed by atoms with E-state index in [0.717, 1.165) is 5.69 Å². The van der Waals surface area contributed by atoms with Crippen molar-refractivity contribution in [2.24, 2.45) is 0 Å². The average Bonchev–Trinajstić information content (AvgIpc) is 2.81. The van der Waals surface area contributed by atoms with Gasteiger partial charge < -0.3 is 10.1 Å². The number of nitrogens with one attached hydrogen (secondary N) is 1. The van der Waals surface area contributed by atoms with Gasteiger partial charge in [0.1, 0.15) is 11.7 Å². The summed E-state index contributed by atoms with van der Waals surface area (Å²) >= 11 is 0. The van der Waals surface area contributed by atoms with E-state index in [0.29, 0.717) is 11.5 Å². The maximum absolute atomic E-state index is 10.8. The van der Waals surface area contributed by atoms with Gasteiger partial charge in [0, 0.05) is 12.4 Å². The van der Waals surface area contributed by atoms with Crippen molar-refractivity contribution < 1.29 is 9.90 Å². The number of nitrogens with zero attached hydrogens (tertiary/aromatic N) is 2. The van der Waals surface area contributed by atoms with Crippen LogP contribution in [0.15, 0.2) is 30.6 Å². The molecule has 0 aromatic carbocycles. The zero-order valence-corrected chi connectivity index (χ0v) is 8.71. The number of hydrogen-bond acceptors (Lipinski definition) is 3. The van der Waals surface area contributed by atoms with Crippen LogP contribution in [-0.2, 0) is 4.79 Å². The molecule has 16 heavy (non-hydrogen) atoms. The maximum Gasteiger partial charge on any atom is 0.313 e. The van der Waals surface area contributed by atoms with Crippen LogP contribution in [0.3, 0.4) is 0 Å². The Labute approximate surface area is 92.2 Å². The minimum Gasteiger partial charge on any atom is -0.481 e. The Bertz CT molecular complexity index is 494. The summed E-state index contributed by atoms with van der Waals surface area (Å²) in [6, 6.07) is 5.47. The number of carboxylic acid groups (broad SMARTS) is 1. The molecule has 0 saturated heterocycles. The molecule has 2 aromatic rings. The SMILES string of the molecule is CC(C(=O)O)c1nccc(-c2ccc[nH]2)n1. The summed E-state index contributed by atoms with van der Waals surface area (Å²) in [6.45, 7) is 1.57. The van der Waals surface area contributed by atoms with Crippen LogP contribution in [0.5, 0.6) is 0 Å². The summed E-state index contributed by atoms with van der Waals surface area (Å²) in [5, 5.41) is 8.87. The van der Waals surface area contributed by atoms with Gasteiger partial charge in [0.25, 0.3) is 0 Å². The molecule has 1 unspecified atom stereocenters. The summed E-state index contributed by atoms with van der Waals surface area (Å²) in [5.41, 5.74) is 1.55. The van der Waals surface area contributed by atoms with Gasteiger partial charge in [0.15, 0.2) is 0 Å². The number of carbonyl (C=O) groups is 1. The number of aliphatic carboxylic acids is 1. The van der Waals surface area contributed by atoms with E-state index in [9.17, 15) is 4.79 Å². The number of aromatic nitrogens is 3. The molecule has 2 rings (SSSR count). The van der Waals surface area contributed by atoms with Crippen molar-refractivity contribution in [3.8, 4) is 11.4 Å². The average molecular weight is 217 g/mol. The monoisotopic (exact) mass is 217 g/mol. The third kappa shape index (κ3) is 1.93. The van der Waals surface area contributed by atoms with Crippen LogP contribution in [0, 0.1) is 0 Å². The number of carboxylic acids is 1. The Kier molecular flexibility index (Phi) is 2.68. The quantitative estimate of drug-likeness (QED) is 0.819. The van der Waals surface area contributed by atoms with Gasteiger partial charge in [-0.15, -0.1) is 0 Å². The summed E-state index contributed by atoms with van der Waals surface area (Å²) in [4.78, 5) is 22.0. The van der Waals surface area contributed by atoms with Gasteiger partial charge in [-0.05, 0) is 25.1 Å². The van der Waals surface area contributed by atoms with Crippen LogP contribution < -0.4 is 0 Å². The first-order chi connectivity index (χ1) is 7.68. The first kappa shape index (κ1) is 10.4.